The molecule has 2 aromatic carbocycles. The summed E-state index contributed by atoms with van der Waals surface area (Å²) in [4.78, 5) is 17.2. The monoisotopic (exact) mass is 372 g/mol. The van der Waals surface area contributed by atoms with Crippen molar-refractivity contribution in [3.05, 3.63) is 48.0 Å². The van der Waals surface area contributed by atoms with Gasteiger partial charge in [-0.05, 0) is 0 Å². The first-order valence-electron chi connectivity index (χ1n) is 8.03. The summed E-state index contributed by atoms with van der Waals surface area (Å²) in [6.07, 6.45) is 0. The third-order valence-corrected chi connectivity index (χ3v) is 5.00. The fourth-order valence-corrected chi connectivity index (χ4v) is 3.67. The molecule has 0 unspecified atom stereocenters. The summed E-state index contributed by atoms with van der Waals surface area (Å²) in [6.45, 7) is 0. The molecule has 3 rings (SSSR count). The van der Waals surface area contributed by atoms with E-state index in [0.29, 0.717) is 28.7 Å². The van der Waals surface area contributed by atoms with Gasteiger partial charge in [0, 0.05) is 29.1 Å². The van der Waals surface area contributed by atoms with Crippen LogP contribution < -0.4 is 19.5 Å². The number of hydrogen-bond acceptors (Lipinski definition) is 6. The number of rotatable bonds is 6. The minimum Gasteiger partial charge on any atom is -0.493 e. The lowest BCUT2D eigenvalue weighted by Crippen LogP contribution is -2.26. The second kappa shape index (κ2) is 8.14. The molecule has 136 valence electrons. The lowest BCUT2D eigenvalue weighted by molar-refractivity contribution is -0.116. The minimum absolute atomic E-state index is 0.169. The van der Waals surface area contributed by atoms with E-state index in [1.165, 1.54) is 21.3 Å². The minimum atomic E-state index is -0.436. The Balaban J connectivity index is 1.77. The fourth-order valence-electron chi connectivity index (χ4n) is 2.63. The Morgan fingerprint density at radius 1 is 1.08 bits per heavy atom. The molecule has 0 bridgehead atoms. The lowest BCUT2D eigenvalue weighted by Gasteiger charge is -2.15. The molecule has 0 fully saturated rings. The third-order valence-electron chi connectivity index (χ3n) is 3.91. The number of anilines is 1. The van der Waals surface area contributed by atoms with Crippen LogP contribution >= 0.6 is 11.8 Å². The van der Waals surface area contributed by atoms with Crippen LogP contribution in [0.2, 0.25) is 0 Å². The van der Waals surface area contributed by atoms with Gasteiger partial charge in [-0.3, -0.25) is 9.79 Å². The van der Waals surface area contributed by atoms with Crippen LogP contribution in [0.1, 0.15) is 5.56 Å². The van der Waals surface area contributed by atoms with E-state index >= 15 is 0 Å². The number of amides is 1. The average molecular weight is 372 g/mol. The molecule has 6 nitrogen and oxygen atoms in total. The van der Waals surface area contributed by atoms with Crippen LogP contribution in [0.4, 0.5) is 5.69 Å². The standard InChI is InChI=1S/C19H20N2O4S/c1-23-15-9-13(10-16(24-2)17(15)25-3)20-18(22)14-11-26-19(21-14)12-7-5-4-6-8-12/h4-10,14H,11H2,1-3H3,(H,20,22)/t14-/m0/s1. The van der Waals surface area contributed by atoms with Crippen molar-refractivity contribution in [2.75, 3.05) is 32.4 Å². The maximum Gasteiger partial charge on any atom is 0.250 e. The first kappa shape index (κ1) is 18.1. The molecule has 1 aliphatic heterocycles. The second-order valence-corrected chi connectivity index (χ2v) is 6.54. The number of carbonyl (C=O) groups excluding carboxylic acids is 1. The summed E-state index contributed by atoms with van der Waals surface area (Å²) in [7, 11) is 4.61. The van der Waals surface area contributed by atoms with E-state index in [9.17, 15) is 4.79 Å². The van der Waals surface area contributed by atoms with Crippen molar-refractivity contribution in [2.24, 2.45) is 4.99 Å². The quantitative estimate of drug-likeness (QED) is 0.843. The zero-order chi connectivity index (χ0) is 18.5. The van der Waals surface area contributed by atoms with E-state index in [1.807, 2.05) is 30.3 Å². The number of nitrogens with one attached hydrogen (secondary N) is 1. The molecule has 2 aromatic rings. The van der Waals surface area contributed by atoms with Crippen LogP contribution in [0.15, 0.2) is 47.5 Å². The Morgan fingerprint density at radius 2 is 1.73 bits per heavy atom. The molecular weight excluding hydrogens is 352 g/mol. The first-order chi connectivity index (χ1) is 12.7. The molecule has 1 amide bonds. The first-order valence-corrected chi connectivity index (χ1v) is 9.01. The maximum atomic E-state index is 12.6. The number of hydrogen-bond donors (Lipinski definition) is 1. The largest absolute Gasteiger partial charge is 0.493 e. The third kappa shape index (κ3) is 3.77. The molecule has 0 aliphatic carbocycles. The Morgan fingerprint density at radius 3 is 2.31 bits per heavy atom. The van der Waals surface area contributed by atoms with E-state index in [4.69, 9.17) is 14.2 Å². The molecule has 0 spiro atoms. The molecular formula is C19H20N2O4S. The molecule has 1 aliphatic rings. The smallest absolute Gasteiger partial charge is 0.250 e. The molecule has 0 aromatic heterocycles. The molecule has 0 radical (unpaired) electrons. The maximum absolute atomic E-state index is 12.6. The Kier molecular flexibility index (Phi) is 5.68. The van der Waals surface area contributed by atoms with Gasteiger partial charge >= 0.3 is 0 Å². The molecule has 0 saturated heterocycles. The van der Waals surface area contributed by atoms with Gasteiger partial charge in [-0.1, -0.05) is 30.3 Å². The van der Waals surface area contributed by atoms with Crippen molar-refractivity contribution in [3.8, 4) is 17.2 Å². The highest BCUT2D eigenvalue weighted by Crippen LogP contribution is 2.40. The predicted molar refractivity (Wildman–Crippen MR) is 104 cm³/mol. The van der Waals surface area contributed by atoms with Crippen LogP contribution in [0, 0.1) is 0 Å². The van der Waals surface area contributed by atoms with E-state index in [-0.39, 0.29) is 5.91 Å². The van der Waals surface area contributed by atoms with Gasteiger partial charge in [0.1, 0.15) is 6.04 Å². The van der Waals surface area contributed by atoms with Crippen molar-refractivity contribution in [3.63, 3.8) is 0 Å². The van der Waals surface area contributed by atoms with Crippen molar-refractivity contribution in [2.45, 2.75) is 6.04 Å². The zero-order valence-electron chi connectivity index (χ0n) is 14.8. The van der Waals surface area contributed by atoms with Crippen molar-refractivity contribution in [1.29, 1.82) is 0 Å². The van der Waals surface area contributed by atoms with Crippen molar-refractivity contribution in [1.82, 2.24) is 0 Å². The summed E-state index contributed by atoms with van der Waals surface area (Å²) in [5, 5.41) is 3.77. The normalized spacial score (nSPS) is 16.0. The van der Waals surface area contributed by atoms with E-state index in [2.05, 4.69) is 10.3 Å². The molecule has 1 atom stereocenters. The lowest BCUT2D eigenvalue weighted by atomic mass is 10.2. The number of nitrogens with zero attached hydrogens (tertiary/aromatic N) is 1. The number of carbonyl (C=O) groups is 1. The van der Waals surface area contributed by atoms with Gasteiger partial charge < -0.3 is 19.5 Å². The Bertz CT molecular complexity index is 799. The Hall–Kier alpha value is -2.67. The molecule has 7 heteroatoms. The van der Waals surface area contributed by atoms with Gasteiger partial charge in [0.15, 0.2) is 11.5 Å². The highest BCUT2D eigenvalue weighted by Gasteiger charge is 2.26. The number of methoxy groups -OCH3 is 3. The van der Waals surface area contributed by atoms with Gasteiger partial charge in [0.05, 0.1) is 26.4 Å². The zero-order valence-corrected chi connectivity index (χ0v) is 15.6. The van der Waals surface area contributed by atoms with E-state index in [1.54, 1.807) is 23.9 Å². The topological polar surface area (TPSA) is 69.2 Å². The second-order valence-electron chi connectivity index (χ2n) is 5.53. The summed E-state index contributed by atoms with van der Waals surface area (Å²) in [6, 6.07) is 12.8. The molecule has 1 heterocycles. The van der Waals surface area contributed by atoms with Crippen LogP contribution in [0.25, 0.3) is 0 Å². The highest BCUT2D eigenvalue weighted by atomic mass is 32.2. The fraction of sp³-hybridized carbons (Fsp3) is 0.263. The van der Waals surface area contributed by atoms with Gasteiger partial charge in [-0.15, -0.1) is 11.8 Å². The summed E-state index contributed by atoms with van der Waals surface area (Å²) >= 11 is 1.58. The highest BCUT2D eigenvalue weighted by molar-refractivity contribution is 8.14. The number of thioether (sulfide) groups is 1. The van der Waals surface area contributed by atoms with Gasteiger partial charge in [-0.25, -0.2) is 0 Å². The van der Waals surface area contributed by atoms with Crippen LogP contribution in [-0.4, -0.2) is 44.1 Å². The average Bonchev–Trinajstić information content (AvgIpc) is 3.18. The number of benzene rings is 2. The number of aliphatic imine (C=N–C) groups is 1. The van der Waals surface area contributed by atoms with Crippen LogP contribution in [0.5, 0.6) is 17.2 Å². The summed E-state index contributed by atoms with van der Waals surface area (Å²) in [5.74, 6) is 1.89. The van der Waals surface area contributed by atoms with Crippen LogP contribution in [0.3, 0.4) is 0 Å². The van der Waals surface area contributed by atoms with Crippen LogP contribution in [-0.2, 0) is 4.79 Å². The molecule has 1 N–H and O–H groups in total. The van der Waals surface area contributed by atoms with Crippen molar-refractivity contribution >= 4 is 28.4 Å². The molecule has 0 saturated carbocycles. The summed E-state index contributed by atoms with van der Waals surface area (Å²) in [5.41, 5.74) is 1.60. The Labute approximate surface area is 156 Å². The van der Waals surface area contributed by atoms with E-state index < -0.39 is 6.04 Å². The number of ether oxygens (including phenoxy) is 3. The van der Waals surface area contributed by atoms with Crippen molar-refractivity contribution < 1.29 is 19.0 Å². The SMILES string of the molecule is COc1cc(NC(=O)[C@@H]2CSC(c3ccccc3)=N2)cc(OC)c1OC. The van der Waals surface area contributed by atoms with Gasteiger partial charge in [0.25, 0.3) is 0 Å². The summed E-state index contributed by atoms with van der Waals surface area (Å²) < 4.78 is 15.9. The molecule has 26 heavy (non-hydrogen) atoms. The predicted octanol–water partition coefficient (Wildman–Crippen LogP) is 3.21. The van der Waals surface area contributed by atoms with Gasteiger partial charge in [-0.2, -0.15) is 0 Å². The van der Waals surface area contributed by atoms with E-state index in [0.717, 1.165) is 10.6 Å². The van der Waals surface area contributed by atoms with Gasteiger partial charge in [0.2, 0.25) is 11.7 Å².